The zero-order valence-electron chi connectivity index (χ0n) is 11.7. The second kappa shape index (κ2) is 6.50. The molecule has 0 aliphatic rings. The van der Waals surface area contributed by atoms with Gasteiger partial charge in [-0.25, -0.2) is 9.97 Å². The average Bonchev–Trinajstić information content (AvgIpc) is 3.21. The summed E-state index contributed by atoms with van der Waals surface area (Å²) < 4.78 is 1.98. The number of hydrogen-bond acceptors (Lipinski definition) is 5. The van der Waals surface area contributed by atoms with Crippen molar-refractivity contribution in [3.05, 3.63) is 65.1 Å². The van der Waals surface area contributed by atoms with Gasteiger partial charge in [-0.15, -0.1) is 11.3 Å². The summed E-state index contributed by atoms with van der Waals surface area (Å²) in [4.78, 5) is 20.1. The van der Waals surface area contributed by atoms with Crippen LogP contribution in [-0.2, 0) is 11.3 Å². The number of nitrogens with one attached hydrogen (secondary N) is 1. The van der Waals surface area contributed by atoms with Gasteiger partial charge in [-0.3, -0.25) is 4.79 Å². The number of carbonyl (C=O) groups excluding carboxylic acids is 1. The molecule has 3 N–H and O–H groups in total. The van der Waals surface area contributed by atoms with E-state index in [1.165, 1.54) is 11.3 Å². The number of amides is 1. The van der Waals surface area contributed by atoms with Crippen LogP contribution in [0.3, 0.4) is 0 Å². The number of carbonyl (C=O) groups is 1. The molecule has 0 saturated heterocycles. The minimum Gasteiger partial charge on any atom is -0.333 e. The number of thiazole rings is 1. The van der Waals surface area contributed by atoms with Crippen LogP contribution in [0.4, 0.5) is 5.69 Å². The minimum absolute atomic E-state index is 0.270. The van der Waals surface area contributed by atoms with Gasteiger partial charge in [0.2, 0.25) is 5.91 Å². The number of aromatic nitrogens is 3. The highest BCUT2D eigenvalue weighted by Gasteiger charge is 2.17. The fraction of sp³-hybridized carbons (Fsp3) is 0.133. The number of nitrogens with two attached hydrogens (primary N) is 1. The molecule has 0 spiro atoms. The molecule has 1 amide bonds. The fourth-order valence-corrected chi connectivity index (χ4v) is 2.60. The van der Waals surface area contributed by atoms with Crippen LogP contribution in [-0.4, -0.2) is 20.4 Å². The third-order valence-corrected chi connectivity index (χ3v) is 3.80. The third kappa shape index (κ3) is 3.38. The predicted octanol–water partition coefficient (Wildman–Crippen LogP) is 2.03. The first-order valence-electron chi connectivity index (χ1n) is 6.71. The van der Waals surface area contributed by atoms with E-state index >= 15 is 0 Å². The number of rotatable bonds is 5. The van der Waals surface area contributed by atoms with Gasteiger partial charge in [0, 0.05) is 30.0 Å². The van der Waals surface area contributed by atoms with Gasteiger partial charge < -0.3 is 15.6 Å². The number of imidazole rings is 1. The van der Waals surface area contributed by atoms with E-state index in [1.54, 1.807) is 23.4 Å². The molecule has 7 heteroatoms. The minimum atomic E-state index is -0.753. The van der Waals surface area contributed by atoms with Crippen molar-refractivity contribution in [1.82, 2.24) is 14.5 Å². The van der Waals surface area contributed by atoms with E-state index in [2.05, 4.69) is 15.3 Å². The van der Waals surface area contributed by atoms with Crippen LogP contribution < -0.4 is 11.1 Å². The third-order valence-electron chi connectivity index (χ3n) is 3.20. The highest BCUT2D eigenvalue weighted by atomic mass is 32.1. The Morgan fingerprint density at radius 1 is 1.36 bits per heavy atom. The molecule has 3 aromatic rings. The Balaban J connectivity index is 1.62. The Morgan fingerprint density at radius 2 is 2.18 bits per heavy atom. The Morgan fingerprint density at radius 3 is 2.82 bits per heavy atom. The summed E-state index contributed by atoms with van der Waals surface area (Å²) in [7, 11) is 0. The van der Waals surface area contributed by atoms with Crippen LogP contribution in [0.15, 0.2) is 53.9 Å². The van der Waals surface area contributed by atoms with Gasteiger partial charge in [-0.2, -0.15) is 0 Å². The lowest BCUT2D eigenvalue weighted by Crippen LogP contribution is -2.27. The molecule has 2 heterocycles. The molecule has 1 aromatic carbocycles. The van der Waals surface area contributed by atoms with Gasteiger partial charge >= 0.3 is 0 Å². The SMILES string of the molecule is NC(C(=O)Nc1ccc(Cn2ccnc2)cc1)c1cscn1. The zero-order valence-corrected chi connectivity index (χ0v) is 12.5. The first kappa shape index (κ1) is 14.4. The molecule has 6 nitrogen and oxygen atoms in total. The van der Waals surface area contributed by atoms with Gasteiger partial charge in [-0.1, -0.05) is 12.1 Å². The van der Waals surface area contributed by atoms with E-state index in [4.69, 9.17) is 5.73 Å². The standard InChI is InChI=1S/C15H15N5OS/c16-14(13-8-22-10-18-13)15(21)19-12-3-1-11(2-4-12)7-20-6-5-17-9-20/h1-6,8-10,14H,7,16H2,(H,19,21). The molecule has 112 valence electrons. The molecule has 0 fully saturated rings. The largest absolute Gasteiger partial charge is 0.333 e. The molecule has 0 aliphatic heterocycles. The summed E-state index contributed by atoms with van der Waals surface area (Å²) in [6.45, 7) is 0.743. The predicted molar refractivity (Wildman–Crippen MR) is 85.4 cm³/mol. The van der Waals surface area contributed by atoms with E-state index in [0.717, 1.165) is 12.1 Å². The van der Waals surface area contributed by atoms with Gasteiger partial charge in [0.1, 0.15) is 6.04 Å². The van der Waals surface area contributed by atoms with E-state index in [1.807, 2.05) is 35.0 Å². The normalized spacial score (nSPS) is 12.0. The molecular weight excluding hydrogens is 298 g/mol. The molecule has 1 atom stereocenters. The Hall–Kier alpha value is -2.51. The van der Waals surface area contributed by atoms with Crippen LogP contribution >= 0.6 is 11.3 Å². The fourth-order valence-electron chi connectivity index (χ4n) is 2.01. The maximum Gasteiger partial charge on any atom is 0.247 e. The zero-order chi connectivity index (χ0) is 15.4. The topological polar surface area (TPSA) is 85.8 Å². The maximum atomic E-state index is 12.1. The van der Waals surface area contributed by atoms with Gasteiger partial charge in [-0.05, 0) is 17.7 Å². The second-order valence-electron chi connectivity index (χ2n) is 4.81. The molecule has 1 unspecified atom stereocenters. The second-order valence-corrected chi connectivity index (χ2v) is 5.53. The van der Waals surface area contributed by atoms with Gasteiger partial charge in [0.05, 0.1) is 17.5 Å². The molecule has 22 heavy (non-hydrogen) atoms. The first-order chi connectivity index (χ1) is 10.7. The Labute approximate surface area is 131 Å². The molecule has 0 radical (unpaired) electrons. The smallest absolute Gasteiger partial charge is 0.247 e. The van der Waals surface area contributed by atoms with E-state index in [9.17, 15) is 4.79 Å². The van der Waals surface area contributed by atoms with E-state index in [-0.39, 0.29) is 5.91 Å². The number of benzene rings is 1. The number of nitrogens with zero attached hydrogens (tertiary/aromatic N) is 3. The van der Waals surface area contributed by atoms with E-state index < -0.39 is 6.04 Å². The lowest BCUT2D eigenvalue weighted by Gasteiger charge is -2.11. The van der Waals surface area contributed by atoms with Crippen molar-refractivity contribution in [3.63, 3.8) is 0 Å². The Bertz CT molecular complexity index is 722. The van der Waals surface area contributed by atoms with Gasteiger partial charge in [0.25, 0.3) is 0 Å². The van der Waals surface area contributed by atoms with E-state index in [0.29, 0.717) is 11.4 Å². The lowest BCUT2D eigenvalue weighted by molar-refractivity contribution is -0.117. The van der Waals surface area contributed by atoms with Crippen molar-refractivity contribution in [2.24, 2.45) is 5.73 Å². The highest BCUT2D eigenvalue weighted by molar-refractivity contribution is 7.07. The molecule has 2 aromatic heterocycles. The van der Waals surface area contributed by atoms with Crippen molar-refractivity contribution >= 4 is 22.9 Å². The van der Waals surface area contributed by atoms with Crippen molar-refractivity contribution < 1.29 is 4.79 Å². The molecule has 3 rings (SSSR count). The lowest BCUT2D eigenvalue weighted by atomic mass is 10.2. The van der Waals surface area contributed by atoms with Crippen LogP contribution in [0.1, 0.15) is 17.3 Å². The van der Waals surface area contributed by atoms with Crippen molar-refractivity contribution in [2.75, 3.05) is 5.32 Å². The summed E-state index contributed by atoms with van der Waals surface area (Å²) in [6, 6.07) is 6.89. The number of hydrogen-bond donors (Lipinski definition) is 2. The van der Waals surface area contributed by atoms with Crippen molar-refractivity contribution in [3.8, 4) is 0 Å². The summed E-state index contributed by atoms with van der Waals surface area (Å²) in [5, 5.41) is 4.57. The highest BCUT2D eigenvalue weighted by Crippen LogP contribution is 2.15. The number of anilines is 1. The van der Waals surface area contributed by atoms with Crippen LogP contribution in [0.25, 0.3) is 0 Å². The summed E-state index contributed by atoms with van der Waals surface area (Å²) in [5.41, 5.74) is 9.95. The average molecular weight is 313 g/mol. The van der Waals surface area contributed by atoms with Crippen LogP contribution in [0.2, 0.25) is 0 Å². The van der Waals surface area contributed by atoms with Crippen LogP contribution in [0.5, 0.6) is 0 Å². The van der Waals surface area contributed by atoms with Crippen molar-refractivity contribution in [2.45, 2.75) is 12.6 Å². The first-order valence-corrected chi connectivity index (χ1v) is 7.66. The van der Waals surface area contributed by atoms with Crippen LogP contribution in [0, 0.1) is 0 Å². The molecule has 0 bridgehead atoms. The summed E-state index contributed by atoms with van der Waals surface area (Å²) >= 11 is 1.42. The van der Waals surface area contributed by atoms with Gasteiger partial charge in [0.15, 0.2) is 0 Å². The Kier molecular flexibility index (Phi) is 4.27. The molecule has 0 aliphatic carbocycles. The summed E-state index contributed by atoms with van der Waals surface area (Å²) in [6.07, 6.45) is 5.42. The monoisotopic (exact) mass is 313 g/mol. The quantitative estimate of drug-likeness (QED) is 0.754. The molecule has 0 saturated carbocycles. The molecular formula is C15H15N5OS. The summed E-state index contributed by atoms with van der Waals surface area (Å²) in [5.74, 6) is -0.270. The van der Waals surface area contributed by atoms with Crippen molar-refractivity contribution in [1.29, 1.82) is 0 Å². The maximum absolute atomic E-state index is 12.1.